The van der Waals surface area contributed by atoms with Crippen LogP contribution in [0.3, 0.4) is 0 Å². The molecule has 1 rings (SSSR count). The quantitative estimate of drug-likeness (QED) is 0.725. The number of likely N-dealkylation sites (tertiary alicyclic amines) is 1. The molecule has 1 aliphatic heterocycles. The number of nitrogens with zero attached hydrogens (tertiary/aromatic N) is 1. The molecular weight excluding hydrogens is 192 g/mol. The summed E-state index contributed by atoms with van der Waals surface area (Å²) >= 11 is 0. The van der Waals surface area contributed by atoms with Crippen molar-refractivity contribution in [3.63, 3.8) is 0 Å². The van der Waals surface area contributed by atoms with Gasteiger partial charge in [0.1, 0.15) is 0 Å². The van der Waals surface area contributed by atoms with Crippen LogP contribution in [0.4, 0.5) is 0 Å². The van der Waals surface area contributed by atoms with Gasteiger partial charge in [0, 0.05) is 18.6 Å². The fraction of sp³-hybridized carbons (Fsp3) is 0.909. The number of hydrogen-bond donors (Lipinski definition) is 2. The van der Waals surface area contributed by atoms with Crippen molar-refractivity contribution in [1.82, 2.24) is 4.90 Å². The molecule has 0 aliphatic carbocycles. The molecule has 0 aromatic heterocycles. The van der Waals surface area contributed by atoms with Gasteiger partial charge in [-0.05, 0) is 32.7 Å². The summed E-state index contributed by atoms with van der Waals surface area (Å²) in [4.78, 5) is 13.1. The number of rotatable bonds is 4. The number of hydrogen-bond acceptors (Lipinski definition) is 3. The molecule has 4 heteroatoms. The van der Waals surface area contributed by atoms with E-state index in [0.717, 1.165) is 19.5 Å². The number of carbonyl (C=O) groups is 1. The lowest BCUT2D eigenvalue weighted by atomic mass is 10.0. The van der Waals surface area contributed by atoms with Crippen LogP contribution in [-0.4, -0.2) is 41.1 Å². The molecule has 0 spiro atoms. The Morgan fingerprint density at radius 3 is 2.47 bits per heavy atom. The molecule has 4 unspecified atom stereocenters. The molecule has 1 heterocycles. The standard InChI is InChI=1S/C11H22N2O2/c1-7(11(14)15)9(3)13-5-4-10(6-13)8(2)12/h7-10H,4-6,12H2,1-3H3,(H,14,15). The number of nitrogens with two attached hydrogens (primary N) is 1. The highest BCUT2D eigenvalue weighted by Gasteiger charge is 2.32. The predicted octanol–water partition coefficient (Wildman–Crippen LogP) is 0.765. The number of aliphatic carboxylic acids is 1. The summed E-state index contributed by atoms with van der Waals surface area (Å²) in [6.07, 6.45) is 1.09. The molecule has 0 saturated carbocycles. The van der Waals surface area contributed by atoms with Crippen LogP contribution in [0.1, 0.15) is 27.2 Å². The maximum Gasteiger partial charge on any atom is 0.307 e. The average Bonchev–Trinajstić information content (AvgIpc) is 2.64. The first kappa shape index (κ1) is 12.5. The highest BCUT2D eigenvalue weighted by atomic mass is 16.4. The van der Waals surface area contributed by atoms with Gasteiger partial charge in [-0.25, -0.2) is 0 Å². The molecule has 4 atom stereocenters. The van der Waals surface area contributed by atoms with Gasteiger partial charge < -0.3 is 10.8 Å². The van der Waals surface area contributed by atoms with Gasteiger partial charge in [-0.15, -0.1) is 0 Å². The van der Waals surface area contributed by atoms with E-state index < -0.39 is 5.97 Å². The van der Waals surface area contributed by atoms with E-state index in [9.17, 15) is 4.79 Å². The summed E-state index contributed by atoms with van der Waals surface area (Å²) in [5.41, 5.74) is 5.85. The van der Waals surface area contributed by atoms with Crippen molar-refractivity contribution in [3.8, 4) is 0 Å². The molecule has 0 aromatic rings. The number of carboxylic acids is 1. The third-order valence-corrected chi connectivity index (χ3v) is 3.69. The van der Waals surface area contributed by atoms with E-state index in [1.165, 1.54) is 0 Å². The van der Waals surface area contributed by atoms with Crippen LogP contribution in [0.2, 0.25) is 0 Å². The molecular formula is C11H22N2O2. The molecule has 0 amide bonds. The van der Waals surface area contributed by atoms with E-state index in [-0.39, 0.29) is 18.0 Å². The Labute approximate surface area is 91.4 Å². The SMILES string of the molecule is CC(N)C1CCN(C(C)C(C)C(=O)O)C1. The van der Waals surface area contributed by atoms with Gasteiger partial charge >= 0.3 is 5.97 Å². The minimum absolute atomic E-state index is 0.103. The van der Waals surface area contributed by atoms with E-state index in [1.54, 1.807) is 6.92 Å². The Balaban J connectivity index is 2.49. The highest BCUT2D eigenvalue weighted by Crippen LogP contribution is 2.23. The Hall–Kier alpha value is -0.610. The van der Waals surface area contributed by atoms with Gasteiger partial charge in [0.2, 0.25) is 0 Å². The molecule has 15 heavy (non-hydrogen) atoms. The predicted molar refractivity (Wildman–Crippen MR) is 59.6 cm³/mol. The lowest BCUT2D eigenvalue weighted by Crippen LogP contribution is -2.40. The van der Waals surface area contributed by atoms with Crippen molar-refractivity contribution in [1.29, 1.82) is 0 Å². The molecule has 3 N–H and O–H groups in total. The van der Waals surface area contributed by atoms with E-state index in [0.29, 0.717) is 5.92 Å². The monoisotopic (exact) mass is 214 g/mol. The van der Waals surface area contributed by atoms with Crippen molar-refractivity contribution in [2.75, 3.05) is 13.1 Å². The smallest absolute Gasteiger partial charge is 0.307 e. The minimum Gasteiger partial charge on any atom is -0.481 e. The summed E-state index contributed by atoms with van der Waals surface area (Å²) in [5.74, 6) is -0.503. The third-order valence-electron chi connectivity index (χ3n) is 3.69. The van der Waals surface area contributed by atoms with E-state index in [4.69, 9.17) is 10.8 Å². The molecule has 0 radical (unpaired) electrons. The fourth-order valence-corrected chi connectivity index (χ4v) is 2.14. The van der Waals surface area contributed by atoms with Crippen molar-refractivity contribution in [2.45, 2.75) is 39.3 Å². The van der Waals surface area contributed by atoms with Crippen molar-refractivity contribution < 1.29 is 9.90 Å². The second-order valence-corrected chi connectivity index (χ2v) is 4.77. The van der Waals surface area contributed by atoms with E-state index in [1.807, 2.05) is 13.8 Å². The van der Waals surface area contributed by atoms with Crippen LogP contribution in [0, 0.1) is 11.8 Å². The molecule has 4 nitrogen and oxygen atoms in total. The Morgan fingerprint density at radius 1 is 1.47 bits per heavy atom. The topological polar surface area (TPSA) is 66.6 Å². The first-order valence-electron chi connectivity index (χ1n) is 5.66. The van der Waals surface area contributed by atoms with Gasteiger partial charge in [-0.3, -0.25) is 9.69 Å². The second-order valence-electron chi connectivity index (χ2n) is 4.77. The molecule has 88 valence electrons. The number of carboxylic acid groups (broad SMARTS) is 1. The largest absolute Gasteiger partial charge is 0.481 e. The lowest BCUT2D eigenvalue weighted by Gasteiger charge is -2.27. The first-order valence-corrected chi connectivity index (χ1v) is 5.66. The molecule has 0 aromatic carbocycles. The summed E-state index contributed by atoms with van der Waals surface area (Å²) in [6, 6.07) is 0.314. The zero-order chi connectivity index (χ0) is 11.6. The van der Waals surface area contributed by atoms with E-state index >= 15 is 0 Å². The maximum absolute atomic E-state index is 10.9. The van der Waals surface area contributed by atoms with Gasteiger partial charge in [0.15, 0.2) is 0 Å². The first-order chi connectivity index (χ1) is 6.93. The second kappa shape index (κ2) is 4.94. The zero-order valence-electron chi connectivity index (χ0n) is 9.81. The van der Waals surface area contributed by atoms with E-state index in [2.05, 4.69) is 4.90 Å². The third kappa shape index (κ3) is 2.92. The Bertz CT molecular complexity index is 231. The van der Waals surface area contributed by atoms with Gasteiger partial charge in [-0.1, -0.05) is 6.92 Å². The zero-order valence-corrected chi connectivity index (χ0v) is 9.81. The Kier molecular flexibility index (Phi) is 4.11. The molecule has 1 fully saturated rings. The lowest BCUT2D eigenvalue weighted by molar-refractivity contribution is -0.143. The summed E-state index contributed by atoms with van der Waals surface area (Å²) < 4.78 is 0. The van der Waals surface area contributed by atoms with Crippen LogP contribution < -0.4 is 5.73 Å². The summed E-state index contributed by atoms with van der Waals surface area (Å²) in [6.45, 7) is 7.70. The van der Waals surface area contributed by atoms with Crippen molar-refractivity contribution in [2.24, 2.45) is 17.6 Å². The van der Waals surface area contributed by atoms with Crippen LogP contribution in [0.5, 0.6) is 0 Å². The van der Waals surface area contributed by atoms with Crippen molar-refractivity contribution in [3.05, 3.63) is 0 Å². The van der Waals surface area contributed by atoms with Gasteiger partial charge in [0.05, 0.1) is 5.92 Å². The van der Waals surface area contributed by atoms with Crippen LogP contribution in [0.15, 0.2) is 0 Å². The van der Waals surface area contributed by atoms with Crippen LogP contribution >= 0.6 is 0 Å². The summed E-state index contributed by atoms with van der Waals surface area (Å²) in [7, 11) is 0. The van der Waals surface area contributed by atoms with Crippen LogP contribution in [-0.2, 0) is 4.79 Å². The van der Waals surface area contributed by atoms with Gasteiger partial charge in [0.25, 0.3) is 0 Å². The maximum atomic E-state index is 10.9. The molecule has 1 saturated heterocycles. The Morgan fingerprint density at radius 2 is 2.07 bits per heavy atom. The normalized spacial score (nSPS) is 28.7. The minimum atomic E-state index is -0.716. The highest BCUT2D eigenvalue weighted by molar-refractivity contribution is 5.70. The molecule has 1 aliphatic rings. The molecule has 0 bridgehead atoms. The van der Waals surface area contributed by atoms with Crippen LogP contribution in [0.25, 0.3) is 0 Å². The van der Waals surface area contributed by atoms with Gasteiger partial charge in [-0.2, -0.15) is 0 Å². The summed E-state index contributed by atoms with van der Waals surface area (Å²) in [5, 5.41) is 8.94. The average molecular weight is 214 g/mol. The fourth-order valence-electron chi connectivity index (χ4n) is 2.14. The van der Waals surface area contributed by atoms with Crippen molar-refractivity contribution >= 4 is 5.97 Å².